The molecule has 22 heavy (non-hydrogen) atoms. The molecule has 0 aliphatic carbocycles. The van der Waals surface area contributed by atoms with Crippen molar-refractivity contribution in [2.24, 2.45) is 0 Å². The van der Waals surface area contributed by atoms with Gasteiger partial charge in [0.2, 0.25) is 0 Å². The fourth-order valence-electron chi connectivity index (χ4n) is 2.39. The van der Waals surface area contributed by atoms with Crippen LogP contribution in [-0.2, 0) is 4.74 Å². The van der Waals surface area contributed by atoms with Gasteiger partial charge in [-0.2, -0.15) is 0 Å². The number of ether oxygens (including phenoxy) is 2. The van der Waals surface area contributed by atoms with E-state index >= 15 is 0 Å². The van der Waals surface area contributed by atoms with Crippen LogP contribution in [0.3, 0.4) is 0 Å². The normalized spacial score (nSPS) is 16.1. The number of nitrogens with zero attached hydrogens (tertiary/aromatic N) is 2. The minimum atomic E-state index is 0.310. The van der Waals surface area contributed by atoms with Gasteiger partial charge in [-0.1, -0.05) is 34.8 Å². The summed E-state index contributed by atoms with van der Waals surface area (Å²) in [6.45, 7) is 4.81. The highest BCUT2D eigenvalue weighted by molar-refractivity contribution is 6.41. The van der Waals surface area contributed by atoms with Gasteiger partial charge in [0.1, 0.15) is 22.5 Å². The molecule has 0 saturated carbocycles. The molecule has 7 heteroatoms. The van der Waals surface area contributed by atoms with E-state index in [1.54, 1.807) is 6.07 Å². The minimum absolute atomic E-state index is 0.310. The number of rotatable bonds is 4. The second-order valence-electron chi connectivity index (χ2n) is 5.00. The molecule has 1 aliphatic rings. The molecule has 1 aromatic carbocycles. The van der Waals surface area contributed by atoms with Crippen molar-refractivity contribution in [1.82, 2.24) is 9.88 Å². The van der Waals surface area contributed by atoms with Crippen LogP contribution in [0.1, 0.15) is 0 Å². The summed E-state index contributed by atoms with van der Waals surface area (Å²) in [4.78, 5) is 6.53. The largest absolute Gasteiger partial charge is 0.491 e. The van der Waals surface area contributed by atoms with Crippen LogP contribution in [0.5, 0.6) is 5.75 Å². The molecule has 4 nitrogen and oxygen atoms in total. The Morgan fingerprint density at radius 3 is 2.73 bits per heavy atom. The number of pyridine rings is 1. The summed E-state index contributed by atoms with van der Waals surface area (Å²) in [5.41, 5.74) is 0.558. The Bertz CT molecular complexity index is 675. The molecule has 2 heterocycles. The van der Waals surface area contributed by atoms with Gasteiger partial charge in [-0.3, -0.25) is 4.90 Å². The summed E-state index contributed by atoms with van der Waals surface area (Å²) in [6.07, 6.45) is 0. The van der Waals surface area contributed by atoms with Gasteiger partial charge in [0.05, 0.1) is 23.8 Å². The van der Waals surface area contributed by atoms with Crippen LogP contribution in [0, 0.1) is 0 Å². The average Bonchev–Trinajstić information content (AvgIpc) is 2.51. The molecule has 0 N–H and O–H groups in total. The zero-order valence-electron chi connectivity index (χ0n) is 11.8. The van der Waals surface area contributed by atoms with Crippen LogP contribution < -0.4 is 4.74 Å². The van der Waals surface area contributed by atoms with Crippen molar-refractivity contribution >= 4 is 45.7 Å². The van der Waals surface area contributed by atoms with Crippen LogP contribution >= 0.6 is 34.8 Å². The molecule has 118 valence electrons. The van der Waals surface area contributed by atoms with E-state index in [4.69, 9.17) is 44.3 Å². The highest BCUT2D eigenvalue weighted by Crippen LogP contribution is 2.35. The van der Waals surface area contributed by atoms with E-state index in [0.29, 0.717) is 33.1 Å². The predicted molar refractivity (Wildman–Crippen MR) is 89.5 cm³/mol. The van der Waals surface area contributed by atoms with Gasteiger partial charge in [-0.05, 0) is 18.2 Å². The van der Waals surface area contributed by atoms with Gasteiger partial charge < -0.3 is 9.47 Å². The van der Waals surface area contributed by atoms with Crippen molar-refractivity contribution in [3.63, 3.8) is 0 Å². The van der Waals surface area contributed by atoms with Crippen LogP contribution in [0.25, 0.3) is 10.9 Å². The quantitative estimate of drug-likeness (QED) is 0.774. The van der Waals surface area contributed by atoms with E-state index in [9.17, 15) is 0 Å². The summed E-state index contributed by atoms with van der Waals surface area (Å²) in [6, 6.07) is 5.25. The summed E-state index contributed by atoms with van der Waals surface area (Å²) < 4.78 is 11.1. The Hall–Kier alpha value is -0.780. The molecule has 0 amide bonds. The van der Waals surface area contributed by atoms with E-state index in [1.807, 2.05) is 12.1 Å². The van der Waals surface area contributed by atoms with E-state index in [2.05, 4.69) is 9.88 Å². The van der Waals surface area contributed by atoms with Crippen molar-refractivity contribution in [3.8, 4) is 5.75 Å². The number of halogens is 3. The summed E-state index contributed by atoms with van der Waals surface area (Å²) in [7, 11) is 0. The van der Waals surface area contributed by atoms with Crippen molar-refractivity contribution in [3.05, 3.63) is 33.4 Å². The lowest BCUT2D eigenvalue weighted by Gasteiger charge is -2.26. The first kappa shape index (κ1) is 16.1. The predicted octanol–water partition coefficient (Wildman–Crippen LogP) is 3.91. The van der Waals surface area contributed by atoms with Crippen LogP contribution in [0.15, 0.2) is 18.2 Å². The molecule has 1 aliphatic heterocycles. The number of fused-ring (bicyclic) bond motifs is 1. The third-order valence-corrected chi connectivity index (χ3v) is 4.44. The first-order valence-corrected chi connectivity index (χ1v) is 8.15. The maximum Gasteiger partial charge on any atom is 0.140 e. The number of hydrogen-bond acceptors (Lipinski definition) is 4. The van der Waals surface area contributed by atoms with Crippen molar-refractivity contribution in [2.75, 3.05) is 39.5 Å². The molecule has 0 unspecified atom stereocenters. The first-order chi connectivity index (χ1) is 10.6. The molecule has 0 spiro atoms. The van der Waals surface area contributed by atoms with Crippen molar-refractivity contribution in [1.29, 1.82) is 0 Å². The molecule has 0 atom stereocenters. The van der Waals surface area contributed by atoms with Crippen molar-refractivity contribution in [2.45, 2.75) is 0 Å². The standard InChI is InChI=1S/C15H15Cl3N2O2/c16-11-9-13(17)19-15-10(11)1-2-12(14(15)18)22-8-5-20-3-6-21-7-4-20/h1-2,9H,3-8H2. The second-order valence-corrected chi connectivity index (χ2v) is 6.18. The van der Waals surface area contributed by atoms with Crippen LogP contribution in [0.2, 0.25) is 15.2 Å². The molecule has 2 aromatic rings. The Morgan fingerprint density at radius 1 is 1.18 bits per heavy atom. The third-order valence-electron chi connectivity index (χ3n) is 3.57. The topological polar surface area (TPSA) is 34.6 Å². The number of morpholine rings is 1. The molecular formula is C15H15Cl3N2O2. The average molecular weight is 362 g/mol. The number of benzene rings is 1. The molecule has 0 bridgehead atoms. The fourth-order valence-corrected chi connectivity index (χ4v) is 3.16. The van der Waals surface area contributed by atoms with Crippen LogP contribution in [0.4, 0.5) is 0 Å². The van der Waals surface area contributed by atoms with E-state index < -0.39 is 0 Å². The number of hydrogen-bond donors (Lipinski definition) is 0. The molecular weight excluding hydrogens is 347 g/mol. The zero-order chi connectivity index (χ0) is 15.5. The molecule has 0 radical (unpaired) electrons. The molecule has 1 fully saturated rings. The summed E-state index contributed by atoms with van der Waals surface area (Å²) in [5, 5.41) is 2.03. The Labute approximate surface area is 143 Å². The number of aromatic nitrogens is 1. The maximum absolute atomic E-state index is 6.37. The van der Waals surface area contributed by atoms with Gasteiger partial charge >= 0.3 is 0 Å². The Balaban J connectivity index is 1.72. The highest BCUT2D eigenvalue weighted by Gasteiger charge is 2.13. The smallest absolute Gasteiger partial charge is 0.140 e. The van der Waals surface area contributed by atoms with Crippen LogP contribution in [-0.4, -0.2) is 49.3 Å². The van der Waals surface area contributed by atoms with Gasteiger partial charge in [0.25, 0.3) is 0 Å². The SMILES string of the molecule is Clc1cc(Cl)c2ccc(OCCN3CCOCC3)c(Cl)c2n1. The van der Waals surface area contributed by atoms with Gasteiger partial charge in [0.15, 0.2) is 0 Å². The third kappa shape index (κ3) is 3.58. The van der Waals surface area contributed by atoms with Gasteiger partial charge in [-0.15, -0.1) is 0 Å². The Morgan fingerprint density at radius 2 is 1.95 bits per heavy atom. The monoisotopic (exact) mass is 360 g/mol. The van der Waals surface area contributed by atoms with E-state index in [1.165, 1.54) is 0 Å². The van der Waals surface area contributed by atoms with E-state index in [-0.39, 0.29) is 0 Å². The van der Waals surface area contributed by atoms with Crippen molar-refractivity contribution < 1.29 is 9.47 Å². The lowest BCUT2D eigenvalue weighted by atomic mass is 10.2. The lowest BCUT2D eigenvalue weighted by Crippen LogP contribution is -2.38. The fraction of sp³-hybridized carbons (Fsp3) is 0.400. The summed E-state index contributed by atoms with van der Waals surface area (Å²) in [5.74, 6) is 0.591. The second kappa shape index (κ2) is 7.20. The molecule has 1 aromatic heterocycles. The summed E-state index contributed by atoms with van der Waals surface area (Å²) >= 11 is 18.5. The van der Waals surface area contributed by atoms with Gasteiger partial charge in [-0.25, -0.2) is 4.98 Å². The first-order valence-electron chi connectivity index (χ1n) is 7.02. The lowest BCUT2D eigenvalue weighted by molar-refractivity contribution is 0.0322. The Kier molecular flexibility index (Phi) is 5.26. The zero-order valence-corrected chi connectivity index (χ0v) is 14.1. The highest BCUT2D eigenvalue weighted by atomic mass is 35.5. The van der Waals surface area contributed by atoms with E-state index in [0.717, 1.165) is 38.2 Å². The minimum Gasteiger partial charge on any atom is -0.491 e. The molecule has 1 saturated heterocycles. The maximum atomic E-state index is 6.37. The van der Waals surface area contributed by atoms with Gasteiger partial charge in [0, 0.05) is 25.0 Å². The molecule has 3 rings (SSSR count).